The van der Waals surface area contributed by atoms with Crippen molar-refractivity contribution in [2.45, 2.75) is 13.1 Å². The van der Waals surface area contributed by atoms with E-state index in [4.69, 9.17) is 23.2 Å². The number of hydrogen-bond donors (Lipinski definition) is 1. The fourth-order valence-electron chi connectivity index (χ4n) is 2.28. The lowest BCUT2D eigenvalue weighted by atomic mass is 10.1. The number of benzene rings is 2. The van der Waals surface area contributed by atoms with E-state index in [-0.39, 0.29) is 5.91 Å². The molecular formula is C19H20Cl2N2O. The molecule has 2 aromatic carbocycles. The zero-order chi connectivity index (χ0) is 17.5. The molecule has 0 spiro atoms. The van der Waals surface area contributed by atoms with Gasteiger partial charge in [-0.1, -0.05) is 59.6 Å². The lowest BCUT2D eigenvalue weighted by molar-refractivity contribution is -0.116. The van der Waals surface area contributed by atoms with Gasteiger partial charge in [0.15, 0.2) is 0 Å². The van der Waals surface area contributed by atoms with E-state index >= 15 is 0 Å². The standard InChI is InChI=1S/C19H20Cl2N2O/c1-23(2)13-16-7-4-3-6-15(16)12-22-18(24)11-10-14-8-5-9-17(20)19(14)21/h3-11H,12-13H2,1-2H3,(H,22,24)/b11-10+. The second-order valence-corrected chi connectivity index (χ2v) is 6.49. The molecule has 0 bridgehead atoms. The van der Waals surface area contributed by atoms with Gasteiger partial charge in [0.1, 0.15) is 0 Å². The summed E-state index contributed by atoms with van der Waals surface area (Å²) in [5.74, 6) is -0.175. The Kier molecular flexibility index (Phi) is 6.85. The number of halogens is 2. The average Bonchev–Trinajstić information content (AvgIpc) is 2.55. The quantitative estimate of drug-likeness (QED) is 0.773. The summed E-state index contributed by atoms with van der Waals surface area (Å²) < 4.78 is 0. The molecule has 0 fully saturated rings. The Morgan fingerprint density at radius 1 is 1.08 bits per heavy atom. The van der Waals surface area contributed by atoms with Gasteiger partial charge in [-0.15, -0.1) is 0 Å². The second kappa shape index (κ2) is 8.88. The number of carbonyl (C=O) groups is 1. The molecule has 2 rings (SSSR count). The van der Waals surface area contributed by atoms with Crippen molar-refractivity contribution in [2.75, 3.05) is 14.1 Å². The van der Waals surface area contributed by atoms with E-state index in [0.29, 0.717) is 22.2 Å². The predicted octanol–water partition coefficient (Wildman–Crippen LogP) is 4.38. The first kappa shape index (κ1) is 18.5. The van der Waals surface area contributed by atoms with Crippen LogP contribution in [0.1, 0.15) is 16.7 Å². The Labute approximate surface area is 152 Å². The summed E-state index contributed by atoms with van der Waals surface area (Å²) in [4.78, 5) is 14.1. The molecule has 1 N–H and O–H groups in total. The lowest BCUT2D eigenvalue weighted by Crippen LogP contribution is -2.22. The highest BCUT2D eigenvalue weighted by molar-refractivity contribution is 6.42. The van der Waals surface area contributed by atoms with E-state index in [0.717, 1.165) is 12.1 Å². The normalized spacial score (nSPS) is 11.2. The summed E-state index contributed by atoms with van der Waals surface area (Å²) in [7, 11) is 4.04. The average molecular weight is 363 g/mol. The predicted molar refractivity (Wildman–Crippen MR) is 101 cm³/mol. The summed E-state index contributed by atoms with van der Waals surface area (Å²) in [6.07, 6.45) is 3.13. The molecule has 0 saturated carbocycles. The SMILES string of the molecule is CN(C)Cc1ccccc1CNC(=O)/C=C/c1cccc(Cl)c1Cl. The van der Waals surface area contributed by atoms with Crippen molar-refractivity contribution in [1.82, 2.24) is 10.2 Å². The Bertz CT molecular complexity index is 742. The molecule has 126 valence electrons. The van der Waals surface area contributed by atoms with Crippen LogP contribution in [0.5, 0.6) is 0 Å². The monoisotopic (exact) mass is 362 g/mol. The van der Waals surface area contributed by atoms with Crippen molar-refractivity contribution >= 4 is 35.2 Å². The number of nitrogens with one attached hydrogen (secondary N) is 1. The van der Waals surface area contributed by atoms with E-state index in [1.165, 1.54) is 11.6 Å². The minimum atomic E-state index is -0.175. The van der Waals surface area contributed by atoms with Crippen LogP contribution >= 0.6 is 23.2 Å². The Morgan fingerprint density at radius 2 is 1.79 bits per heavy atom. The number of amides is 1. The van der Waals surface area contributed by atoms with Crippen LogP contribution in [0.4, 0.5) is 0 Å². The van der Waals surface area contributed by atoms with Crippen molar-refractivity contribution in [3.63, 3.8) is 0 Å². The smallest absolute Gasteiger partial charge is 0.244 e. The maximum Gasteiger partial charge on any atom is 0.244 e. The molecule has 0 aliphatic rings. The van der Waals surface area contributed by atoms with Gasteiger partial charge in [0.05, 0.1) is 10.0 Å². The van der Waals surface area contributed by atoms with Gasteiger partial charge in [-0.05, 0) is 42.9 Å². The van der Waals surface area contributed by atoms with Crippen LogP contribution < -0.4 is 5.32 Å². The van der Waals surface area contributed by atoms with Crippen LogP contribution in [0.25, 0.3) is 6.08 Å². The Balaban J connectivity index is 1.99. The molecule has 3 nitrogen and oxygen atoms in total. The molecule has 0 aliphatic heterocycles. The summed E-state index contributed by atoms with van der Waals surface area (Å²) in [6, 6.07) is 13.4. The molecule has 5 heteroatoms. The third-order valence-corrected chi connectivity index (χ3v) is 4.29. The number of nitrogens with zero attached hydrogens (tertiary/aromatic N) is 1. The highest BCUT2D eigenvalue weighted by atomic mass is 35.5. The minimum absolute atomic E-state index is 0.175. The largest absolute Gasteiger partial charge is 0.348 e. The van der Waals surface area contributed by atoms with Gasteiger partial charge >= 0.3 is 0 Å². The van der Waals surface area contributed by atoms with Crippen molar-refractivity contribution in [3.05, 3.63) is 75.3 Å². The first-order chi connectivity index (χ1) is 11.5. The maximum atomic E-state index is 12.0. The van der Waals surface area contributed by atoms with E-state index in [1.54, 1.807) is 18.2 Å². The Hall–Kier alpha value is -1.81. The third kappa shape index (κ3) is 5.38. The lowest BCUT2D eigenvalue weighted by Gasteiger charge is -2.14. The van der Waals surface area contributed by atoms with Crippen molar-refractivity contribution in [3.8, 4) is 0 Å². The van der Waals surface area contributed by atoms with Gasteiger partial charge in [0.25, 0.3) is 0 Å². The highest BCUT2D eigenvalue weighted by Crippen LogP contribution is 2.26. The van der Waals surface area contributed by atoms with Crippen LogP contribution in [0, 0.1) is 0 Å². The van der Waals surface area contributed by atoms with E-state index in [9.17, 15) is 4.79 Å². The van der Waals surface area contributed by atoms with Crippen LogP contribution in [0.2, 0.25) is 10.0 Å². The van der Waals surface area contributed by atoms with Gasteiger partial charge < -0.3 is 10.2 Å². The number of rotatable bonds is 6. The van der Waals surface area contributed by atoms with Crippen LogP contribution in [0.15, 0.2) is 48.5 Å². The fraction of sp³-hybridized carbons (Fsp3) is 0.211. The van der Waals surface area contributed by atoms with Gasteiger partial charge in [-0.25, -0.2) is 0 Å². The summed E-state index contributed by atoms with van der Waals surface area (Å²) >= 11 is 12.1. The molecular weight excluding hydrogens is 343 g/mol. The molecule has 0 unspecified atom stereocenters. The molecule has 2 aromatic rings. The van der Waals surface area contributed by atoms with Crippen molar-refractivity contribution < 1.29 is 4.79 Å². The molecule has 1 amide bonds. The van der Waals surface area contributed by atoms with Gasteiger partial charge in [-0.3, -0.25) is 4.79 Å². The zero-order valence-corrected chi connectivity index (χ0v) is 15.2. The number of carbonyl (C=O) groups excluding carboxylic acids is 1. The zero-order valence-electron chi connectivity index (χ0n) is 13.7. The molecule has 0 heterocycles. The first-order valence-electron chi connectivity index (χ1n) is 7.59. The first-order valence-corrected chi connectivity index (χ1v) is 8.34. The molecule has 0 radical (unpaired) electrons. The Morgan fingerprint density at radius 3 is 2.50 bits per heavy atom. The molecule has 0 aromatic heterocycles. The molecule has 0 saturated heterocycles. The fourth-order valence-corrected chi connectivity index (χ4v) is 2.65. The number of hydrogen-bond acceptors (Lipinski definition) is 2. The topological polar surface area (TPSA) is 32.3 Å². The summed E-state index contributed by atoms with van der Waals surface area (Å²) in [6.45, 7) is 1.32. The second-order valence-electron chi connectivity index (χ2n) is 5.70. The molecule has 0 atom stereocenters. The van der Waals surface area contributed by atoms with E-state index in [2.05, 4.69) is 16.3 Å². The van der Waals surface area contributed by atoms with E-state index in [1.807, 2.05) is 38.4 Å². The maximum absolute atomic E-state index is 12.0. The van der Waals surface area contributed by atoms with Crippen molar-refractivity contribution in [1.29, 1.82) is 0 Å². The summed E-state index contributed by atoms with van der Waals surface area (Å²) in [5.41, 5.74) is 3.02. The highest BCUT2D eigenvalue weighted by Gasteiger charge is 2.05. The van der Waals surface area contributed by atoms with Crippen LogP contribution in [-0.2, 0) is 17.9 Å². The van der Waals surface area contributed by atoms with Gasteiger partial charge in [-0.2, -0.15) is 0 Å². The molecule has 24 heavy (non-hydrogen) atoms. The summed E-state index contributed by atoms with van der Waals surface area (Å²) in [5, 5.41) is 3.81. The third-order valence-electron chi connectivity index (χ3n) is 3.45. The van der Waals surface area contributed by atoms with Crippen molar-refractivity contribution in [2.24, 2.45) is 0 Å². The van der Waals surface area contributed by atoms with Gasteiger partial charge in [0.2, 0.25) is 5.91 Å². The minimum Gasteiger partial charge on any atom is -0.348 e. The molecule has 0 aliphatic carbocycles. The van der Waals surface area contributed by atoms with Crippen LogP contribution in [0.3, 0.4) is 0 Å². The van der Waals surface area contributed by atoms with Crippen LogP contribution in [-0.4, -0.2) is 24.9 Å². The van der Waals surface area contributed by atoms with Gasteiger partial charge in [0, 0.05) is 19.2 Å². The van der Waals surface area contributed by atoms with E-state index < -0.39 is 0 Å².